The van der Waals surface area contributed by atoms with Gasteiger partial charge in [0.2, 0.25) is 5.89 Å². The van der Waals surface area contributed by atoms with Gasteiger partial charge in [-0.3, -0.25) is 0 Å². The minimum Gasteiger partial charge on any atom is -0.486 e. The number of sulfone groups is 1. The van der Waals surface area contributed by atoms with E-state index in [0.717, 1.165) is 11.8 Å². The monoisotopic (exact) mass is 387 g/mol. The molecule has 0 saturated carbocycles. The maximum atomic E-state index is 12.5. The van der Waals surface area contributed by atoms with Gasteiger partial charge in [-0.15, -0.1) is 0 Å². The quantitative estimate of drug-likeness (QED) is 0.681. The van der Waals surface area contributed by atoms with Crippen LogP contribution in [0, 0.1) is 0 Å². The lowest BCUT2D eigenvalue weighted by molar-refractivity contribution is 0.172. The highest BCUT2D eigenvalue weighted by atomic mass is 32.2. The van der Waals surface area contributed by atoms with Crippen molar-refractivity contribution in [1.29, 1.82) is 0 Å². The highest BCUT2D eigenvalue weighted by Gasteiger charge is 2.21. The van der Waals surface area contributed by atoms with Crippen LogP contribution in [0.5, 0.6) is 11.5 Å². The number of hydrogen-bond donors (Lipinski definition) is 0. The van der Waals surface area contributed by atoms with Gasteiger partial charge in [0.1, 0.15) is 13.2 Å². The highest BCUT2D eigenvalue weighted by Crippen LogP contribution is 2.34. The number of aryl methyl sites for hydroxylation is 1. The number of ether oxygens (including phenoxy) is 2. The summed E-state index contributed by atoms with van der Waals surface area (Å²) in [7, 11) is -3.54. The average Bonchev–Trinajstić information content (AvgIpc) is 2.65. The number of fused-ring (bicyclic) bond motifs is 2. The van der Waals surface area contributed by atoms with Gasteiger partial charge in [-0.1, -0.05) is 13.0 Å². The van der Waals surface area contributed by atoms with Crippen molar-refractivity contribution in [2.45, 2.75) is 18.2 Å². The molecule has 140 valence electrons. The zero-order valence-corrected chi connectivity index (χ0v) is 15.6. The zero-order chi connectivity index (χ0) is 19.2. The minimum absolute atomic E-state index is 0.0488. The first-order chi connectivity index (χ1) is 12.9. The molecule has 1 aliphatic rings. The summed E-state index contributed by atoms with van der Waals surface area (Å²) >= 11 is 0. The largest absolute Gasteiger partial charge is 0.486 e. The van der Waals surface area contributed by atoms with Crippen molar-refractivity contribution in [2.24, 2.45) is 0 Å². The van der Waals surface area contributed by atoms with Crippen LogP contribution in [0.3, 0.4) is 0 Å². The highest BCUT2D eigenvalue weighted by molar-refractivity contribution is 7.90. The molecule has 0 atom stereocenters. The van der Waals surface area contributed by atoms with Crippen LogP contribution in [0.4, 0.5) is 0 Å². The predicted octanol–water partition coefficient (Wildman–Crippen LogP) is 2.59. The minimum atomic E-state index is -3.54. The fourth-order valence-corrected chi connectivity index (χ4v) is 3.91. The van der Waals surface area contributed by atoms with E-state index in [2.05, 4.69) is 4.98 Å². The Morgan fingerprint density at radius 3 is 2.44 bits per heavy atom. The molecule has 0 unspecified atom stereocenters. The van der Waals surface area contributed by atoms with Gasteiger partial charge in [-0.2, -0.15) is 0 Å². The Balaban J connectivity index is 1.96. The summed E-state index contributed by atoms with van der Waals surface area (Å²) in [6.45, 7) is 2.74. The second-order valence-electron chi connectivity index (χ2n) is 6.28. The number of nitrogens with zero attached hydrogens (tertiary/aromatic N) is 1. The van der Waals surface area contributed by atoms with Gasteiger partial charge in [0, 0.05) is 18.4 Å². The van der Waals surface area contributed by atoms with E-state index < -0.39 is 15.5 Å². The molecule has 0 saturated heterocycles. The van der Waals surface area contributed by atoms with Crippen LogP contribution in [-0.4, -0.2) is 32.9 Å². The van der Waals surface area contributed by atoms with Crippen molar-refractivity contribution in [3.05, 3.63) is 46.3 Å². The van der Waals surface area contributed by atoms with Gasteiger partial charge in [0.25, 0.3) is 0 Å². The second kappa shape index (κ2) is 6.38. The molecule has 0 radical (unpaired) electrons. The van der Waals surface area contributed by atoms with E-state index in [-0.39, 0.29) is 21.7 Å². The SMILES string of the molecule is CCc1ccc(-c2nc3cc4c(cc3c(=O)o2)OCCO4)c(S(C)(=O)=O)c1. The standard InChI is InChI=1S/C19H17NO6S/c1-3-11-4-5-12(17(8-11)27(2,22)23)18-20-14-10-16-15(24-6-7-25-16)9-13(14)19(21)26-18/h4-5,8-10H,3,6-7H2,1-2H3. The summed E-state index contributed by atoms with van der Waals surface area (Å²) in [5.74, 6) is 0.898. The molecule has 0 N–H and O–H groups in total. The summed E-state index contributed by atoms with van der Waals surface area (Å²) in [6, 6.07) is 8.12. The van der Waals surface area contributed by atoms with Crippen LogP contribution >= 0.6 is 0 Å². The number of aromatic nitrogens is 1. The van der Waals surface area contributed by atoms with Crippen LogP contribution in [0.25, 0.3) is 22.4 Å². The van der Waals surface area contributed by atoms with Gasteiger partial charge < -0.3 is 13.9 Å². The Hall–Kier alpha value is -2.87. The molecule has 8 heteroatoms. The van der Waals surface area contributed by atoms with Crippen LogP contribution in [0.1, 0.15) is 12.5 Å². The smallest absolute Gasteiger partial charge is 0.347 e. The number of benzene rings is 2. The van der Waals surface area contributed by atoms with Crippen molar-refractivity contribution < 1.29 is 22.3 Å². The lowest BCUT2D eigenvalue weighted by Gasteiger charge is -2.18. The topological polar surface area (TPSA) is 95.7 Å². The van der Waals surface area contributed by atoms with Crippen LogP contribution < -0.4 is 15.1 Å². The molecule has 2 heterocycles. The summed E-state index contributed by atoms with van der Waals surface area (Å²) in [5, 5.41) is 0.245. The molecule has 0 fully saturated rings. The number of rotatable bonds is 3. The van der Waals surface area contributed by atoms with Gasteiger partial charge in [0.05, 0.1) is 21.4 Å². The van der Waals surface area contributed by atoms with Crippen molar-refractivity contribution in [2.75, 3.05) is 19.5 Å². The third-order valence-corrected chi connectivity index (χ3v) is 5.51. The summed E-state index contributed by atoms with van der Waals surface area (Å²) < 4.78 is 40.9. The van der Waals surface area contributed by atoms with E-state index >= 15 is 0 Å². The Labute approximate surface area is 155 Å². The van der Waals surface area contributed by atoms with E-state index in [4.69, 9.17) is 13.9 Å². The Morgan fingerprint density at radius 2 is 1.78 bits per heavy atom. The molecule has 1 aromatic heterocycles. The van der Waals surface area contributed by atoms with E-state index in [0.29, 0.717) is 36.7 Å². The van der Waals surface area contributed by atoms with Gasteiger partial charge in [0.15, 0.2) is 21.3 Å². The molecular weight excluding hydrogens is 370 g/mol. The first-order valence-electron chi connectivity index (χ1n) is 8.44. The molecule has 7 nitrogen and oxygen atoms in total. The number of hydrogen-bond acceptors (Lipinski definition) is 7. The Bertz CT molecular complexity index is 1210. The van der Waals surface area contributed by atoms with Crippen LogP contribution in [-0.2, 0) is 16.3 Å². The third-order valence-electron chi connectivity index (χ3n) is 4.38. The molecule has 3 aromatic rings. The molecule has 0 bridgehead atoms. The molecular formula is C19H17NO6S. The van der Waals surface area contributed by atoms with E-state index in [1.807, 2.05) is 6.92 Å². The lowest BCUT2D eigenvalue weighted by atomic mass is 10.1. The molecule has 4 rings (SSSR count). The molecule has 0 spiro atoms. The maximum absolute atomic E-state index is 12.5. The fraction of sp³-hybridized carbons (Fsp3) is 0.263. The van der Waals surface area contributed by atoms with Gasteiger partial charge in [-0.05, 0) is 24.1 Å². The second-order valence-corrected chi connectivity index (χ2v) is 8.26. The zero-order valence-electron chi connectivity index (χ0n) is 14.8. The first kappa shape index (κ1) is 17.5. The molecule has 1 aliphatic heterocycles. The third kappa shape index (κ3) is 3.16. The molecule has 27 heavy (non-hydrogen) atoms. The molecule has 0 amide bonds. The van der Waals surface area contributed by atoms with Crippen LogP contribution in [0.15, 0.2) is 44.4 Å². The van der Waals surface area contributed by atoms with Crippen LogP contribution in [0.2, 0.25) is 0 Å². The normalized spacial score (nSPS) is 13.7. The van der Waals surface area contributed by atoms with E-state index in [9.17, 15) is 13.2 Å². The fourth-order valence-electron chi connectivity index (χ4n) is 2.99. The summed E-state index contributed by atoms with van der Waals surface area (Å²) in [4.78, 5) is 16.9. The average molecular weight is 387 g/mol. The predicted molar refractivity (Wildman–Crippen MR) is 99.2 cm³/mol. The van der Waals surface area contributed by atoms with Crippen molar-refractivity contribution in [3.63, 3.8) is 0 Å². The summed E-state index contributed by atoms with van der Waals surface area (Å²) in [5.41, 5.74) is 0.848. The lowest BCUT2D eigenvalue weighted by Crippen LogP contribution is -2.16. The van der Waals surface area contributed by atoms with Gasteiger partial charge >= 0.3 is 5.63 Å². The maximum Gasteiger partial charge on any atom is 0.347 e. The van der Waals surface area contributed by atoms with E-state index in [1.165, 1.54) is 6.07 Å². The summed E-state index contributed by atoms with van der Waals surface area (Å²) in [6.07, 6.45) is 1.80. The Morgan fingerprint density at radius 1 is 1.07 bits per heavy atom. The van der Waals surface area contributed by atoms with Crippen molar-refractivity contribution in [1.82, 2.24) is 4.98 Å². The van der Waals surface area contributed by atoms with Crippen molar-refractivity contribution >= 4 is 20.7 Å². The Kier molecular flexibility index (Phi) is 4.15. The molecule has 2 aromatic carbocycles. The first-order valence-corrected chi connectivity index (χ1v) is 10.3. The van der Waals surface area contributed by atoms with Gasteiger partial charge in [-0.25, -0.2) is 18.2 Å². The van der Waals surface area contributed by atoms with Crippen molar-refractivity contribution in [3.8, 4) is 23.0 Å². The molecule has 0 aliphatic carbocycles. The van der Waals surface area contributed by atoms with E-state index in [1.54, 1.807) is 24.3 Å².